The fourth-order valence-electron chi connectivity index (χ4n) is 2.38. The molecule has 0 fully saturated rings. The van der Waals surface area contributed by atoms with Gasteiger partial charge < -0.3 is 9.64 Å². The van der Waals surface area contributed by atoms with Gasteiger partial charge in [0.25, 0.3) is 5.91 Å². The Morgan fingerprint density at radius 1 is 1.08 bits per heavy atom. The third-order valence-corrected chi connectivity index (χ3v) is 4.49. The van der Waals surface area contributed by atoms with Gasteiger partial charge >= 0.3 is 0 Å². The number of carbonyl (C=O) groups excluding carboxylic acids is 1. The van der Waals surface area contributed by atoms with Gasteiger partial charge in [-0.15, -0.1) is 0 Å². The molecule has 5 nitrogen and oxygen atoms in total. The van der Waals surface area contributed by atoms with Crippen LogP contribution in [0, 0.1) is 6.92 Å². The molecule has 3 rings (SSSR count). The molecule has 1 heterocycles. The van der Waals surface area contributed by atoms with E-state index >= 15 is 0 Å². The van der Waals surface area contributed by atoms with E-state index in [1.165, 1.54) is 11.7 Å². The molecule has 0 saturated heterocycles. The normalized spacial score (nSPS) is 10.5. The Labute approximate surface area is 151 Å². The van der Waals surface area contributed by atoms with Crippen molar-refractivity contribution >= 4 is 17.6 Å². The van der Waals surface area contributed by atoms with E-state index in [9.17, 15) is 4.79 Å². The summed E-state index contributed by atoms with van der Waals surface area (Å²) in [7, 11) is 1.80. The van der Waals surface area contributed by atoms with Gasteiger partial charge in [-0.05, 0) is 36.8 Å². The minimum atomic E-state index is -0.0186. The van der Waals surface area contributed by atoms with Crippen LogP contribution in [0.5, 0.6) is 5.75 Å². The van der Waals surface area contributed by atoms with Crippen molar-refractivity contribution in [3.63, 3.8) is 0 Å². The first kappa shape index (κ1) is 17.1. The van der Waals surface area contributed by atoms with Crippen LogP contribution >= 0.6 is 11.7 Å². The lowest BCUT2D eigenvalue weighted by Crippen LogP contribution is -2.26. The van der Waals surface area contributed by atoms with Crippen molar-refractivity contribution in [1.29, 1.82) is 0 Å². The number of rotatable bonds is 6. The van der Waals surface area contributed by atoms with Gasteiger partial charge in [0.2, 0.25) is 0 Å². The second-order valence-electron chi connectivity index (χ2n) is 5.76. The Morgan fingerprint density at radius 2 is 1.80 bits per heavy atom. The van der Waals surface area contributed by atoms with Gasteiger partial charge in [0.05, 0.1) is 17.4 Å². The van der Waals surface area contributed by atoms with Gasteiger partial charge in [0, 0.05) is 19.2 Å². The third-order valence-electron chi connectivity index (χ3n) is 3.83. The maximum atomic E-state index is 12.5. The molecule has 0 radical (unpaired) electrons. The molecule has 0 saturated carbocycles. The number of hydrogen-bond acceptors (Lipinski definition) is 5. The molecule has 1 amide bonds. The highest BCUT2D eigenvalue weighted by Crippen LogP contribution is 2.16. The number of aromatic nitrogens is 2. The summed E-state index contributed by atoms with van der Waals surface area (Å²) in [5.74, 6) is 0.685. The topological polar surface area (TPSA) is 55.3 Å². The first-order valence-electron chi connectivity index (χ1n) is 7.94. The van der Waals surface area contributed by atoms with Crippen molar-refractivity contribution in [2.45, 2.75) is 20.1 Å². The van der Waals surface area contributed by atoms with Crippen LogP contribution in [0.25, 0.3) is 0 Å². The molecule has 6 heteroatoms. The fourth-order valence-corrected chi connectivity index (χ4v) is 2.93. The van der Waals surface area contributed by atoms with Crippen LogP contribution in [0.3, 0.4) is 0 Å². The van der Waals surface area contributed by atoms with Crippen LogP contribution < -0.4 is 4.74 Å². The van der Waals surface area contributed by atoms with E-state index in [1.807, 2.05) is 37.3 Å². The van der Waals surface area contributed by atoms with Gasteiger partial charge in [-0.25, -0.2) is 0 Å². The smallest absolute Gasteiger partial charge is 0.253 e. The first-order valence-corrected chi connectivity index (χ1v) is 8.67. The SMILES string of the molecule is Cc1nsnc1COc1ccc(C(=O)N(C)Cc2ccccc2)cc1. The van der Waals surface area contributed by atoms with Crippen LogP contribution in [0.4, 0.5) is 0 Å². The van der Waals surface area contributed by atoms with Crippen LogP contribution in [0.15, 0.2) is 54.6 Å². The molecular formula is C19H19N3O2S. The largest absolute Gasteiger partial charge is 0.487 e. The van der Waals surface area contributed by atoms with Crippen LogP contribution in [-0.4, -0.2) is 26.6 Å². The number of nitrogens with zero attached hydrogens (tertiary/aromatic N) is 3. The van der Waals surface area contributed by atoms with Gasteiger partial charge in [-0.3, -0.25) is 4.79 Å². The molecule has 0 N–H and O–H groups in total. The Bertz CT molecular complexity index is 831. The van der Waals surface area contributed by atoms with Crippen molar-refractivity contribution < 1.29 is 9.53 Å². The van der Waals surface area contributed by atoms with Crippen molar-refractivity contribution in [2.24, 2.45) is 0 Å². The zero-order valence-corrected chi connectivity index (χ0v) is 15.0. The molecule has 25 heavy (non-hydrogen) atoms. The maximum absolute atomic E-state index is 12.5. The lowest BCUT2D eigenvalue weighted by molar-refractivity contribution is 0.0785. The summed E-state index contributed by atoms with van der Waals surface area (Å²) >= 11 is 1.18. The molecule has 2 aromatic carbocycles. The quantitative estimate of drug-likeness (QED) is 0.678. The minimum Gasteiger partial charge on any atom is -0.487 e. The number of aryl methyl sites for hydroxylation is 1. The van der Waals surface area contributed by atoms with E-state index in [0.29, 0.717) is 24.5 Å². The van der Waals surface area contributed by atoms with Gasteiger partial charge in [-0.2, -0.15) is 8.75 Å². The van der Waals surface area contributed by atoms with Crippen LogP contribution in [0.2, 0.25) is 0 Å². The lowest BCUT2D eigenvalue weighted by Gasteiger charge is -2.17. The number of ether oxygens (including phenoxy) is 1. The summed E-state index contributed by atoms with van der Waals surface area (Å²) in [6, 6.07) is 17.1. The van der Waals surface area contributed by atoms with Crippen molar-refractivity contribution in [3.05, 3.63) is 77.1 Å². The maximum Gasteiger partial charge on any atom is 0.253 e. The summed E-state index contributed by atoms with van der Waals surface area (Å²) in [6.07, 6.45) is 0. The zero-order chi connectivity index (χ0) is 17.6. The second-order valence-corrected chi connectivity index (χ2v) is 6.28. The number of carbonyl (C=O) groups is 1. The molecule has 0 spiro atoms. The van der Waals surface area contributed by atoms with Gasteiger partial charge in [0.1, 0.15) is 18.1 Å². The van der Waals surface area contributed by atoms with Crippen molar-refractivity contribution in [2.75, 3.05) is 7.05 Å². The summed E-state index contributed by atoms with van der Waals surface area (Å²) in [4.78, 5) is 14.2. The Kier molecular flexibility index (Phi) is 5.40. The van der Waals surface area contributed by atoms with Gasteiger partial charge in [0.15, 0.2) is 0 Å². The monoisotopic (exact) mass is 353 g/mol. The van der Waals surface area contributed by atoms with E-state index in [4.69, 9.17) is 4.74 Å². The highest BCUT2D eigenvalue weighted by Gasteiger charge is 2.12. The summed E-state index contributed by atoms with van der Waals surface area (Å²) in [5.41, 5.74) is 3.47. The second kappa shape index (κ2) is 7.90. The zero-order valence-electron chi connectivity index (χ0n) is 14.2. The van der Waals surface area contributed by atoms with E-state index in [0.717, 1.165) is 17.0 Å². The predicted octanol–water partition coefficient (Wildman–Crippen LogP) is 3.70. The molecule has 0 atom stereocenters. The van der Waals surface area contributed by atoms with Crippen molar-refractivity contribution in [1.82, 2.24) is 13.6 Å². The summed E-state index contributed by atoms with van der Waals surface area (Å²) in [6.45, 7) is 2.87. The van der Waals surface area contributed by atoms with Crippen LogP contribution in [-0.2, 0) is 13.2 Å². The molecule has 0 unspecified atom stereocenters. The Balaban J connectivity index is 1.59. The molecule has 1 aromatic heterocycles. The molecule has 0 aliphatic rings. The summed E-state index contributed by atoms with van der Waals surface area (Å²) in [5, 5.41) is 0. The summed E-state index contributed by atoms with van der Waals surface area (Å²) < 4.78 is 14.0. The predicted molar refractivity (Wildman–Crippen MR) is 97.7 cm³/mol. The standard InChI is InChI=1S/C19H19N3O2S/c1-14-18(21-25-20-14)13-24-17-10-8-16(9-11-17)19(23)22(2)12-15-6-4-3-5-7-15/h3-11H,12-13H2,1-2H3. The highest BCUT2D eigenvalue weighted by atomic mass is 32.1. The van der Waals surface area contributed by atoms with E-state index in [-0.39, 0.29) is 5.91 Å². The Hall–Kier alpha value is -2.73. The molecule has 0 bridgehead atoms. The van der Waals surface area contributed by atoms with E-state index in [1.54, 1.807) is 36.2 Å². The van der Waals surface area contributed by atoms with Gasteiger partial charge in [-0.1, -0.05) is 30.3 Å². The van der Waals surface area contributed by atoms with Crippen LogP contribution in [0.1, 0.15) is 27.3 Å². The minimum absolute atomic E-state index is 0.0186. The molecule has 0 aliphatic heterocycles. The van der Waals surface area contributed by atoms with Crippen molar-refractivity contribution in [3.8, 4) is 5.75 Å². The average Bonchev–Trinajstić information content (AvgIpc) is 3.05. The molecular weight excluding hydrogens is 334 g/mol. The third kappa shape index (κ3) is 4.42. The fraction of sp³-hybridized carbons (Fsp3) is 0.211. The molecule has 128 valence electrons. The Morgan fingerprint density at radius 3 is 2.44 bits per heavy atom. The first-order chi connectivity index (χ1) is 12.1. The molecule has 3 aromatic rings. The molecule has 0 aliphatic carbocycles. The average molecular weight is 353 g/mol. The van der Waals surface area contributed by atoms with E-state index in [2.05, 4.69) is 8.75 Å². The number of hydrogen-bond donors (Lipinski definition) is 0. The lowest BCUT2D eigenvalue weighted by atomic mass is 10.1. The number of amides is 1. The number of benzene rings is 2. The highest BCUT2D eigenvalue weighted by molar-refractivity contribution is 6.99. The van der Waals surface area contributed by atoms with E-state index < -0.39 is 0 Å².